The fraction of sp³-hybridized carbons (Fsp3) is 0.467. The molecule has 3 heterocycles. The van der Waals surface area contributed by atoms with Gasteiger partial charge in [0.15, 0.2) is 5.16 Å². The van der Waals surface area contributed by atoms with Crippen LogP contribution >= 0.6 is 23.1 Å². The van der Waals surface area contributed by atoms with Crippen LogP contribution < -0.4 is 5.73 Å². The van der Waals surface area contributed by atoms with Crippen molar-refractivity contribution in [2.45, 2.75) is 44.1 Å². The van der Waals surface area contributed by atoms with E-state index in [0.717, 1.165) is 40.4 Å². The minimum atomic E-state index is 0.300. The Morgan fingerprint density at radius 3 is 3.14 bits per heavy atom. The lowest BCUT2D eigenvalue weighted by Crippen LogP contribution is -2.21. The molecule has 3 rings (SSSR count). The van der Waals surface area contributed by atoms with Crippen LogP contribution in [0.1, 0.15) is 30.2 Å². The first kappa shape index (κ1) is 14.8. The molecule has 1 unspecified atom stereocenters. The average molecular weight is 321 g/mol. The molecule has 0 aromatic carbocycles. The molecule has 0 saturated carbocycles. The first-order valence-corrected chi connectivity index (χ1v) is 8.96. The van der Waals surface area contributed by atoms with E-state index >= 15 is 0 Å². The summed E-state index contributed by atoms with van der Waals surface area (Å²) < 4.78 is 5.91. The summed E-state index contributed by atoms with van der Waals surface area (Å²) in [6, 6.07) is 0. The van der Waals surface area contributed by atoms with Crippen LogP contribution in [0, 0.1) is 0 Å². The van der Waals surface area contributed by atoms with Gasteiger partial charge in [-0.3, -0.25) is 0 Å². The Morgan fingerprint density at radius 1 is 1.52 bits per heavy atom. The van der Waals surface area contributed by atoms with Gasteiger partial charge in [-0.25, -0.2) is 9.97 Å². The fourth-order valence-corrected chi connectivity index (χ4v) is 4.40. The van der Waals surface area contributed by atoms with Crippen molar-refractivity contribution < 1.29 is 4.74 Å². The maximum Gasteiger partial charge on any atom is 0.191 e. The quantitative estimate of drug-likeness (QED) is 0.516. The molecular weight excluding hydrogens is 302 g/mol. The number of fused-ring (bicyclic) bond motifs is 3. The van der Waals surface area contributed by atoms with Crippen LogP contribution in [0.15, 0.2) is 17.8 Å². The maximum absolute atomic E-state index is 6.19. The number of thioether (sulfide) groups is 1. The molecule has 2 aromatic heterocycles. The largest absolute Gasteiger partial charge is 0.383 e. The maximum atomic E-state index is 6.19. The van der Waals surface area contributed by atoms with Crippen molar-refractivity contribution in [1.29, 1.82) is 0 Å². The molecule has 0 amide bonds. The van der Waals surface area contributed by atoms with Gasteiger partial charge < -0.3 is 10.5 Å². The first-order chi connectivity index (χ1) is 10.2. The minimum Gasteiger partial charge on any atom is -0.383 e. The second-order valence-electron chi connectivity index (χ2n) is 5.10. The van der Waals surface area contributed by atoms with E-state index in [-0.39, 0.29) is 0 Å². The zero-order chi connectivity index (χ0) is 14.8. The molecule has 1 aliphatic rings. The number of aromatic nitrogens is 2. The first-order valence-electron chi connectivity index (χ1n) is 7.16. The Bertz CT molecular complexity index is 668. The number of nitrogens with two attached hydrogens (primary N) is 1. The molecule has 0 radical (unpaired) electrons. The molecular formula is C15H19N3OS2. The average Bonchev–Trinajstić information content (AvgIpc) is 2.83. The summed E-state index contributed by atoms with van der Waals surface area (Å²) in [4.78, 5) is 11.3. The van der Waals surface area contributed by atoms with Crippen LogP contribution in [0.3, 0.4) is 0 Å². The number of nitrogens with zero attached hydrogens (tertiary/aromatic N) is 2. The third-order valence-electron chi connectivity index (χ3n) is 3.56. The molecule has 6 heteroatoms. The van der Waals surface area contributed by atoms with Gasteiger partial charge in [-0.2, -0.15) is 0 Å². The van der Waals surface area contributed by atoms with Gasteiger partial charge in [0, 0.05) is 17.1 Å². The minimum absolute atomic E-state index is 0.300. The Hall–Kier alpha value is -1.11. The number of anilines is 1. The summed E-state index contributed by atoms with van der Waals surface area (Å²) in [5.41, 5.74) is 7.50. The van der Waals surface area contributed by atoms with E-state index in [1.54, 1.807) is 23.1 Å². The lowest BCUT2D eigenvalue weighted by atomic mass is 10.0. The normalized spacial score (nSPS) is 17.9. The van der Waals surface area contributed by atoms with Gasteiger partial charge in [0.1, 0.15) is 10.6 Å². The van der Waals surface area contributed by atoms with E-state index in [2.05, 4.69) is 23.5 Å². The summed E-state index contributed by atoms with van der Waals surface area (Å²) in [6.07, 6.45) is 5.29. The lowest BCUT2D eigenvalue weighted by molar-refractivity contribution is 0.0254. The molecule has 1 aliphatic heterocycles. The number of hydrogen-bond donors (Lipinski definition) is 1. The molecule has 1 atom stereocenters. The van der Waals surface area contributed by atoms with Crippen molar-refractivity contribution in [2.75, 3.05) is 11.5 Å². The standard InChI is InChI=1S/C15H19N3OS2/c1-3-5-9-7-10-11(8-19-9)21-14-12(10)13(16)17-15(18-14)20-6-4-2/h4,9H,2-3,5-8H2,1H3,(H2,16,17,18). The molecule has 0 spiro atoms. The van der Waals surface area contributed by atoms with Gasteiger partial charge in [0.25, 0.3) is 0 Å². The SMILES string of the molecule is C=CCSc1nc(N)c2c3c(sc2n1)COC(CCC)C3. The molecule has 2 aromatic rings. The van der Waals surface area contributed by atoms with Crippen molar-refractivity contribution in [2.24, 2.45) is 0 Å². The second kappa shape index (κ2) is 6.34. The summed E-state index contributed by atoms with van der Waals surface area (Å²) in [6.45, 7) is 6.58. The number of ether oxygens (including phenoxy) is 1. The van der Waals surface area contributed by atoms with Crippen molar-refractivity contribution in [3.8, 4) is 0 Å². The Balaban J connectivity index is 1.99. The van der Waals surface area contributed by atoms with Crippen LogP contribution in [0.4, 0.5) is 5.82 Å². The second-order valence-corrected chi connectivity index (χ2v) is 7.17. The van der Waals surface area contributed by atoms with Crippen LogP contribution in [-0.4, -0.2) is 21.8 Å². The zero-order valence-corrected chi connectivity index (χ0v) is 13.7. The highest BCUT2D eigenvalue weighted by Crippen LogP contribution is 2.38. The smallest absolute Gasteiger partial charge is 0.191 e. The number of nitrogen functional groups attached to an aromatic ring is 1. The van der Waals surface area contributed by atoms with E-state index in [0.29, 0.717) is 18.5 Å². The predicted molar refractivity (Wildman–Crippen MR) is 89.9 cm³/mol. The Labute approximate surface area is 132 Å². The lowest BCUT2D eigenvalue weighted by Gasteiger charge is -2.22. The molecule has 0 saturated heterocycles. The summed E-state index contributed by atoms with van der Waals surface area (Å²) in [5.74, 6) is 1.39. The molecule has 2 N–H and O–H groups in total. The van der Waals surface area contributed by atoms with E-state index in [1.807, 2.05) is 6.08 Å². The molecule has 4 nitrogen and oxygen atoms in total. The Morgan fingerprint density at radius 2 is 2.38 bits per heavy atom. The number of rotatable bonds is 5. The van der Waals surface area contributed by atoms with Crippen molar-refractivity contribution in [3.05, 3.63) is 23.1 Å². The summed E-state index contributed by atoms with van der Waals surface area (Å²) in [7, 11) is 0. The van der Waals surface area contributed by atoms with Gasteiger partial charge in [-0.15, -0.1) is 17.9 Å². The third kappa shape index (κ3) is 2.93. The molecule has 0 bridgehead atoms. The summed E-state index contributed by atoms with van der Waals surface area (Å²) in [5, 5.41) is 1.77. The third-order valence-corrected chi connectivity index (χ3v) is 5.51. The van der Waals surface area contributed by atoms with Crippen LogP contribution in [-0.2, 0) is 17.8 Å². The van der Waals surface area contributed by atoms with Crippen molar-refractivity contribution in [1.82, 2.24) is 9.97 Å². The van der Waals surface area contributed by atoms with Crippen LogP contribution in [0.5, 0.6) is 0 Å². The highest BCUT2D eigenvalue weighted by molar-refractivity contribution is 7.99. The molecule has 0 fully saturated rings. The summed E-state index contributed by atoms with van der Waals surface area (Å²) >= 11 is 3.25. The van der Waals surface area contributed by atoms with Gasteiger partial charge in [-0.05, 0) is 12.0 Å². The molecule has 21 heavy (non-hydrogen) atoms. The van der Waals surface area contributed by atoms with Gasteiger partial charge in [0.2, 0.25) is 0 Å². The zero-order valence-electron chi connectivity index (χ0n) is 12.1. The number of hydrogen-bond acceptors (Lipinski definition) is 6. The van der Waals surface area contributed by atoms with E-state index < -0.39 is 0 Å². The highest BCUT2D eigenvalue weighted by atomic mass is 32.2. The monoisotopic (exact) mass is 321 g/mol. The van der Waals surface area contributed by atoms with E-state index in [9.17, 15) is 0 Å². The van der Waals surface area contributed by atoms with Crippen LogP contribution in [0.25, 0.3) is 10.2 Å². The van der Waals surface area contributed by atoms with Crippen LogP contribution in [0.2, 0.25) is 0 Å². The predicted octanol–water partition coefficient (Wildman–Crippen LogP) is 3.79. The van der Waals surface area contributed by atoms with Gasteiger partial charge in [-0.1, -0.05) is 31.2 Å². The van der Waals surface area contributed by atoms with Gasteiger partial charge in [0.05, 0.1) is 18.1 Å². The topological polar surface area (TPSA) is 61.0 Å². The van der Waals surface area contributed by atoms with Crippen molar-refractivity contribution >= 4 is 39.1 Å². The fourth-order valence-electron chi connectivity index (χ4n) is 2.63. The van der Waals surface area contributed by atoms with E-state index in [1.165, 1.54) is 10.4 Å². The van der Waals surface area contributed by atoms with Crippen molar-refractivity contribution in [3.63, 3.8) is 0 Å². The van der Waals surface area contributed by atoms with Gasteiger partial charge >= 0.3 is 0 Å². The van der Waals surface area contributed by atoms with E-state index in [4.69, 9.17) is 10.5 Å². The highest BCUT2D eigenvalue weighted by Gasteiger charge is 2.25. The molecule has 112 valence electrons. The molecule has 0 aliphatic carbocycles. The Kier molecular flexibility index (Phi) is 4.47. The number of thiophene rings is 1.